The second-order valence-electron chi connectivity index (χ2n) is 4.69. The standard InChI is InChI=1S/C17H14BrNO/c1-12-10-14(18)6-7-17(12)20-11-13-8-9-19-16-5-3-2-4-15(13)16/h2-10H,11H2,1H3. The van der Waals surface area contributed by atoms with Gasteiger partial charge in [-0.1, -0.05) is 34.1 Å². The van der Waals surface area contributed by atoms with E-state index < -0.39 is 0 Å². The molecule has 0 N–H and O–H groups in total. The smallest absolute Gasteiger partial charge is 0.122 e. The van der Waals surface area contributed by atoms with Crippen LogP contribution < -0.4 is 4.74 Å². The minimum atomic E-state index is 0.547. The Morgan fingerprint density at radius 2 is 1.95 bits per heavy atom. The number of aromatic nitrogens is 1. The van der Waals surface area contributed by atoms with E-state index in [1.807, 2.05) is 49.5 Å². The summed E-state index contributed by atoms with van der Waals surface area (Å²) in [7, 11) is 0. The highest BCUT2D eigenvalue weighted by atomic mass is 79.9. The molecule has 3 aromatic rings. The molecule has 0 radical (unpaired) electrons. The lowest BCUT2D eigenvalue weighted by Crippen LogP contribution is -1.98. The van der Waals surface area contributed by atoms with Gasteiger partial charge >= 0.3 is 0 Å². The van der Waals surface area contributed by atoms with Crippen LogP contribution in [-0.4, -0.2) is 4.98 Å². The van der Waals surface area contributed by atoms with Crippen molar-refractivity contribution in [3.05, 3.63) is 70.3 Å². The van der Waals surface area contributed by atoms with Crippen LogP contribution in [-0.2, 0) is 6.61 Å². The first kappa shape index (κ1) is 13.1. The molecule has 0 unspecified atom stereocenters. The molecule has 0 bridgehead atoms. The zero-order chi connectivity index (χ0) is 13.9. The largest absolute Gasteiger partial charge is 0.489 e. The predicted molar refractivity (Wildman–Crippen MR) is 85.0 cm³/mol. The first-order chi connectivity index (χ1) is 9.74. The maximum absolute atomic E-state index is 5.94. The number of benzene rings is 2. The highest BCUT2D eigenvalue weighted by molar-refractivity contribution is 9.10. The fourth-order valence-electron chi connectivity index (χ4n) is 2.21. The maximum atomic E-state index is 5.94. The molecule has 0 saturated heterocycles. The maximum Gasteiger partial charge on any atom is 0.122 e. The minimum Gasteiger partial charge on any atom is -0.489 e. The zero-order valence-corrected chi connectivity index (χ0v) is 12.7. The van der Waals surface area contributed by atoms with Gasteiger partial charge in [0.25, 0.3) is 0 Å². The fraction of sp³-hybridized carbons (Fsp3) is 0.118. The Labute approximate surface area is 126 Å². The van der Waals surface area contributed by atoms with E-state index in [4.69, 9.17) is 4.74 Å². The molecule has 0 saturated carbocycles. The third-order valence-corrected chi connectivity index (χ3v) is 3.75. The minimum absolute atomic E-state index is 0.547. The molecule has 20 heavy (non-hydrogen) atoms. The van der Waals surface area contributed by atoms with Gasteiger partial charge in [0.05, 0.1) is 5.52 Å². The van der Waals surface area contributed by atoms with Crippen LogP contribution >= 0.6 is 15.9 Å². The van der Waals surface area contributed by atoms with Gasteiger partial charge in [-0.3, -0.25) is 4.98 Å². The molecule has 100 valence electrons. The van der Waals surface area contributed by atoms with Crippen LogP contribution in [0.4, 0.5) is 0 Å². The average molecular weight is 328 g/mol. The number of rotatable bonds is 3. The molecule has 0 aliphatic carbocycles. The lowest BCUT2D eigenvalue weighted by atomic mass is 10.1. The van der Waals surface area contributed by atoms with Crippen LogP contribution in [0.5, 0.6) is 5.75 Å². The van der Waals surface area contributed by atoms with Crippen LogP contribution in [0.15, 0.2) is 59.2 Å². The van der Waals surface area contributed by atoms with E-state index in [0.29, 0.717) is 6.61 Å². The molecular weight excluding hydrogens is 314 g/mol. The van der Waals surface area contributed by atoms with Gasteiger partial charge in [-0.05, 0) is 42.8 Å². The van der Waals surface area contributed by atoms with Crippen LogP contribution in [0.25, 0.3) is 10.9 Å². The molecule has 2 nitrogen and oxygen atoms in total. The number of pyridine rings is 1. The second kappa shape index (κ2) is 5.63. The molecular formula is C17H14BrNO. The molecule has 1 aromatic heterocycles. The molecule has 2 aromatic carbocycles. The molecule has 0 amide bonds. The molecule has 0 aliphatic rings. The summed E-state index contributed by atoms with van der Waals surface area (Å²) in [5.74, 6) is 0.911. The van der Waals surface area contributed by atoms with Crippen molar-refractivity contribution in [1.82, 2.24) is 4.98 Å². The Kier molecular flexibility index (Phi) is 3.70. The third-order valence-electron chi connectivity index (χ3n) is 3.26. The first-order valence-corrected chi connectivity index (χ1v) is 7.25. The summed E-state index contributed by atoms with van der Waals surface area (Å²) in [6.45, 7) is 2.59. The number of hydrogen-bond donors (Lipinski definition) is 0. The molecule has 0 aliphatic heterocycles. The van der Waals surface area contributed by atoms with Crippen LogP contribution in [0.1, 0.15) is 11.1 Å². The van der Waals surface area contributed by atoms with E-state index in [1.54, 1.807) is 0 Å². The summed E-state index contributed by atoms with van der Waals surface area (Å²) in [5.41, 5.74) is 3.27. The summed E-state index contributed by atoms with van der Waals surface area (Å²) in [4.78, 5) is 4.36. The van der Waals surface area contributed by atoms with E-state index in [9.17, 15) is 0 Å². The van der Waals surface area contributed by atoms with Crippen molar-refractivity contribution in [2.45, 2.75) is 13.5 Å². The van der Waals surface area contributed by atoms with Crippen molar-refractivity contribution in [1.29, 1.82) is 0 Å². The van der Waals surface area contributed by atoms with Crippen molar-refractivity contribution < 1.29 is 4.74 Å². The molecule has 1 heterocycles. The van der Waals surface area contributed by atoms with Crippen LogP contribution in [0.3, 0.4) is 0 Å². The monoisotopic (exact) mass is 327 g/mol. The number of nitrogens with zero attached hydrogens (tertiary/aromatic N) is 1. The summed E-state index contributed by atoms with van der Waals surface area (Å²) in [6.07, 6.45) is 1.83. The van der Waals surface area contributed by atoms with E-state index in [1.165, 1.54) is 0 Å². The van der Waals surface area contributed by atoms with Gasteiger partial charge in [-0.25, -0.2) is 0 Å². The topological polar surface area (TPSA) is 22.1 Å². The summed E-state index contributed by atoms with van der Waals surface area (Å²) in [5, 5.41) is 1.14. The number of para-hydroxylation sites is 1. The van der Waals surface area contributed by atoms with Crippen molar-refractivity contribution in [3.63, 3.8) is 0 Å². The first-order valence-electron chi connectivity index (χ1n) is 6.45. The van der Waals surface area contributed by atoms with Gasteiger partial charge in [-0.15, -0.1) is 0 Å². The molecule has 0 atom stereocenters. The normalized spacial score (nSPS) is 10.7. The number of hydrogen-bond acceptors (Lipinski definition) is 2. The van der Waals surface area contributed by atoms with E-state index in [0.717, 1.165) is 32.3 Å². The highest BCUT2D eigenvalue weighted by Gasteiger charge is 2.04. The third kappa shape index (κ3) is 2.68. The van der Waals surface area contributed by atoms with Crippen molar-refractivity contribution in [2.24, 2.45) is 0 Å². The predicted octanol–water partition coefficient (Wildman–Crippen LogP) is 4.88. The lowest BCUT2D eigenvalue weighted by Gasteiger charge is -2.11. The highest BCUT2D eigenvalue weighted by Crippen LogP contribution is 2.24. The van der Waals surface area contributed by atoms with Crippen molar-refractivity contribution in [2.75, 3.05) is 0 Å². The second-order valence-corrected chi connectivity index (χ2v) is 5.60. The van der Waals surface area contributed by atoms with Gasteiger partial charge in [0.2, 0.25) is 0 Å². The lowest BCUT2D eigenvalue weighted by molar-refractivity contribution is 0.305. The number of ether oxygens (including phenoxy) is 1. The summed E-state index contributed by atoms with van der Waals surface area (Å²) < 4.78 is 7.00. The molecule has 0 fully saturated rings. The number of halogens is 1. The van der Waals surface area contributed by atoms with Gasteiger partial charge in [-0.2, -0.15) is 0 Å². The van der Waals surface area contributed by atoms with Crippen LogP contribution in [0.2, 0.25) is 0 Å². The van der Waals surface area contributed by atoms with E-state index >= 15 is 0 Å². The quantitative estimate of drug-likeness (QED) is 0.683. The van der Waals surface area contributed by atoms with E-state index in [2.05, 4.69) is 33.0 Å². The Balaban J connectivity index is 1.87. The van der Waals surface area contributed by atoms with Gasteiger partial charge in [0, 0.05) is 21.6 Å². The molecule has 3 heteroatoms. The average Bonchev–Trinajstić information content (AvgIpc) is 2.46. The van der Waals surface area contributed by atoms with Gasteiger partial charge in [0.15, 0.2) is 0 Å². The van der Waals surface area contributed by atoms with Gasteiger partial charge in [0.1, 0.15) is 12.4 Å². The Morgan fingerprint density at radius 3 is 2.80 bits per heavy atom. The zero-order valence-electron chi connectivity index (χ0n) is 11.1. The fourth-order valence-corrected chi connectivity index (χ4v) is 2.69. The number of aryl methyl sites for hydroxylation is 1. The Hall–Kier alpha value is -1.87. The number of fused-ring (bicyclic) bond motifs is 1. The Bertz CT molecular complexity index is 750. The summed E-state index contributed by atoms with van der Waals surface area (Å²) in [6, 6.07) is 16.2. The Morgan fingerprint density at radius 1 is 1.10 bits per heavy atom. The summed E-state index contributed by atoms with van der Waals surface area (Å²) >= 11 is 3.46. The van der Waals surface area contributed by atoms with Crippen molar-refractivity contribution in [3.8, 4) is 5.75 Å². The van der Waals surface area contributed by atoms with E-state index in [-0.39, 0.29) is 0 Å². The SMILES string of the molecule is Cc1cc(Br)ccc1OCc1ccnc2ccccc12. The molecule has 3 rings (SSSR count). The van der Waals surface area contributed by atoms with Crippen molar-refractivity contribution >= 4 is 26.8 Å². The van der Waals surface area contributed by atoms with Gasteiger partial charge < -0.3 is 4.74 Å². The molecule has 0 spiro atoms. The van der Waals surface area contributed by atoms with Crippen LogP contribution in [0, 0.1) is 6.92 Å².